The molecule has 10 nitrogen and oxygen atoms in total. The van der Waals surface area contributed by atoms with Crippen LogP contribution < -0.4 is 15.6 Å². The molecule has 172 valence electrons. The zero-order valence-corrected chi connectivity index (χ0v) is 18.7. The first-order valence-electron chi connectivity index (χ1n) is 10.4. The molecule has 1 fully saturated rings. The third-order valence-electron chi connectivity index (χ3n) is 5.56. The fourth-order valence-corrected chi connectivity index (χ4v) is 3.94. The molecule has 3 N–H and O–H groups in total. The van der Waals surface area contributed by atoms with Gasteiger partial charge in [0.25, 0.3) is 5.91 Å². The lowest BCUT2D eigenvalue weighted by atomic mass is 9.95. The molecule has 3 aromatic heterocycles. The van der Waals surface area contributed by atoms with E-state index in [1.54, 1.807) is 29.2 Å². The SMILES string of the molecule is COc1cc(-c2cc(C(=O)N3CCC(C(=O)NCc4cccc(=O)[nH]4)CC3)n[nH]2)c(Cl)cn1. The number of likely N-dealkylation sites (tertiary alicyclic amines) is 1. The predicted molar refractivity (Wildman–Crippen MR) is 121 cm³/mol. The van der Waals surface area contributed by atoms with Crippen LogP contribution in [0.1, 0.15) is 29.0 Å². The lowest BCUT2D eigenvalue weighted by Gasteiger charge is -2.30. The van der Waals surface area contributed by atoms with E-state index in [4.69, 9.17) is 16.3 Å². The molecule has 0 saturated carbocycles. The second kappa shape index (κ2) is 9.86. The van der Waals surface area contributed by atoms with E-state index in [9.17, 15) is 14.4 Å². The van der Waals surface area contributed by atoms with Gasteiger partial charge >= 0.3 is 0 Å². The van der Waals surface area contributed by atoms with Crippen LogP contribution in [0.5, 0.6) is 5.88 Å². The van der Waals surface area contributed by atoms with Crippen LogP contribution in [0.3, 0.4) is 0 Å². The fraction of sp³-hybridized carbons (Fsp3) is 0.318. The van der Waals surface area contributed by atoms with Crippen molar-refractivity contribution in [2.75, 3.05) is 20.2 Å². The number of ether oxygens (including phenoxy) is 1. The number of H-pyrrole nitrogens is 2. The zero-order chi connectivity index (χ0) is 23.4. The second-order valence-corrected chi connectivity index (χ2v) is 8.11. The summed E-state index contributed by atoms with van der Waals surface area (Å²) in [5, 5.41) is 10.2. The Morgan fingerprint density at radius 3 is 2.79 bits per heavy atom. The van der Waals surface area contributed by atoms with Gasteiger partial charge in [-0.25, -0.2) is 4.98 Å². The van der Waals surface area contributed by atoms with Crippen LogP contribution in [0.4, 0.5) is 0 Å². The first-order chi connectivity index (χ1) is 15.9. The molecule has 3 aromatic rings. The molecule has 2 amide bonds. The molecular weight excluding hydrogens is 448 g/mol. The van der Waals surface area contributed by atoms with E-state index < -0.39 is 0 Å². The van der Waals surface area contributed by atoms with Crippen molar-refractivity contribution in [3.8, 4) is 17.1 Å². The highest BCUT2D eigenvalue weighted by Crippen LogP contribution is 2.29. The number of amides is 2. The van der Waals surface area contributed by atoms with E-state index in [1.165, 1.54) is 19.4 Å². The number of aromatic nitrogens is 4. The van der Waals surface area contributed by atoms with E-state index in [-0.39, 0.29) is 35.5 Å². The molecule has 0 unspecified atom stereocenters. The Hall–Kier alpha value is -3.66. The number of nitrogens with one attached hydrogen (secondary N) is 3. The molecule has 4 heterocycles. The number of rotatable bonds is 6. The summed E-state index contributed by atoms with van der Waals surface area (Å²) in [5.74, 6) is -0.0938. The average Bonchev–Trinajstić information content (AvgIpc) is 3.32. The molecule has 0 radical (unpaired) electrons. The molecule has 0 atom stereocenters. The van der Waals surface area contributed by atoms with Crippen LogP contribution >= 0.6 is 11.6 Å². The first-order valence-corrected chi connectivity index (χ1v) is 10.8. The first kappa shape index (κ1) is 22.5. The van der Waals surface area contributed by atoms with E-state index in [2.05, 4.69) is 25.5 Å². The van der Waals surface area contributed by atoms with Gasteiger partial charge in [0.2, 0.25) is 17.3 Å². The number of nitrogens with zero attached hydrogens (tertiary/aromatic N) is 3. The average molecular weight is 471 g/mol. The van der Waals surface area contributed by atoms with Crippen LogP contribution in [0.2, 0.25) is 5.02 Å². The van der Waals surface area contributed by atoms with Crippen molar-refractivity contribution >= 4 is 23.4 Å². The molecule has 0 spiro atoms. The third kappa shape index (κ3) is 5.23. The molecule has 1 aliphatic rings. The standard InChI is InChI=1S/C22H23ClN6O4/c1-33-20-9-15(16(23)12-24-20)17-10-18(28-27-17)22(32)29-7-5-13(6-8-29)21(31)25-11-14-3-2-4-19(30)26-14/h2-4,9-10,12-13H,5-8,11H2,1H3,(H,25,31)(H,26,30)(H,27,28). The maximum Gasteiger partial charge on any atom is 0.274 e. The van der Waals surface area contributed by atoms with Crippen molar-refractivity contribution in [2.24, 2.45) is 5.92 Å². The van der Waals surface area contributed by atoms with Crippen molar-refractivity contribution < 1.29 is 14.3 Å². The number of hydrogen-bond donors (Lipinski definition) is 3. The van der Waals surface area contributed by atoms with Gasteiger partial charge in [0.05, 0.1) is 30.6 Å². The highest BCUT2D eigenvalue weighted by molar-refractivity contribution is 6.33. The molecule has 0 aromatic carbocycles. The number of methoxy groups -OCH3 is 1. The third-order valence-corrected chi connectivity index (χ3v) is 5.86. The summed E-state index contributed by atoms with van der Waals surface area (Å²) < 4.78 is 5.13. The van der Waals surface area contributed by atoms with Crippen molar-refractivity contribution in [1.82, 2.24) is 30.4 Å². The number of carbonyl (C=O) groups excluding carboxylic acids is 2. The quantitative estimate of drug-likeness (QED) is 0.504. The van der Waals surface area contributed by atoms with Gasteiger partial charge in [-0.15, -0.1) is 0 Å². The molecule has 0 bridgehead atoms. The Bertz CT molecular complexity index is 1220. The Morgan fingerprint density at radius 2 is 2.06 bits per heavy atom. The summed E-state index contributed by atoms with van der Waals surface area (Å²) in [6.07, 6.45) is 2.57. The molecule has 4 rings (SSSR count). The van der Waals surface area contributed by atoms with Gasteiger partial charge in [0.15, 0.2) is 5.69 Å². The van der Waals surface area contributed by atoms with E-state index in [0.717, 1.165) is 0 Å². The second-order valence-electron chi connectivity index (χ2n) is 7.70. The van der Waals surface area contributed by atoms with Crippen LogP contribution in [-0.2, 0) is 11.3 Å². The van der Waals surface area contributed by atoms with Crippen LogP contribution in [0.15, 0.2) is 41.3 Å². The van der Waals surface area contributed by atoms with E-state index in [1.807, 2.05) is 0 Å². The lowest BCUT2D eigenvalue weighted by Crippen LogP contribution is -2.43. The largest absolute Gasteiger partial charge is 0.481 e. The van der Waals surface area contributed by atoms with Crippen molar-refractivity contribution in [3.63, 3.8) is 0 Å². The Morgan fingerprint density at radius 1 is 1.27 bits per heavy atom. The van der Waals surface area contributed by atoms with Crippen LogP contribution in [0.25, 0.3) is 11.3 Å². The maximum atomic E-state index is 12.9. The van der Waals surface area contributed by atoms with Gasteiger partial charge in [-0.1, -0.05) is 17.7 Å². The minimum atomic E-state index is -0.213. The fourth-order valence-electron chi connectivity index (χ4n) is 3.74. The number of hydrogen-bond acceptors (Lipinski definition) is 6. The van der Waals surface area contributed by atoms with Crippen molar-refractivity contribution in [2.45, 2.75) is 19.4 Å². The van der Waals surface area contributed by atoms with E-state index >= 15 is 0 Å². The van der Waals surface area contributed by atoms with Crippen LogP contribution in [0, 0.1) is 5.92 Å². The van der Waals surface area contributed by atoms with Gasteiger partial charge in [0.1, 0.15) is 0 Å². The number of carbonyl (C=O) groups is 2. The Balaban J connectivity index is 1.33. The van der Waals surface area contributed by atoms with E-state index in [0.29, 0.717) is 53.8 Å². The van der Waals surface area contributed by atoms with Crippen molar-refractivity contribution in [1.29, 1.82) is 0 Å². The molecule has 1 aliphatic heterocycles. The summed E-state index contributed by atoms with van der Waals surface area (Å²) >= 11 is 6.23. The number of pyridine rings is 2. The maximum absolute atomic E-state index is 12.9. The summed E-state index contributed by atoms with van der Waals surface area (Å²) in [6, 6.07) is 8.12. The van der Waals surface area contributed by atoms with Gasteiger partial charge < -0.3 is 19.9 Å². The minimum absolute atomic E-state index is 0.0878. The number of halogens is 1. The van der Waals surface area contributed by atoms with Gasteiger partial charge in [-0.2, -0.15) is 5.10 Å². The Labute approximate surface area is 194 Å². The predicted octanol–water partition coefficient (Wildman–Crippen LogP) is 1.99. The summed E-state index contributed by atoms with van der Waals surface area (Å²) in [4.78, 5) is 45.2. The molecule has 0 aliphatic carbocycles. The topological polar surface area (TPSA) is 133 Å². The summed E-state index contributed by atoms with van der Waals surface area (Å²) in [6.45, 7) is 1.16. The summed E-state index contributed by atoms with van der Waals surface area (Å²) in [5.41, 5.74) is 1.92. The highest BCUT2D eigenvalue weighted by Gasteiger charge is 2.29. The Kier molecular flexibility index (Phi) is 6.74. The molecule has 1 saturated heterocycles. The van der Waals surface area contributed by atoms with Gasteiger partial charge in [-0.05, 0) is 25.0 Å². The minimum Gasteiger partial charge on any atom is -0.481 e. The lowest BCUT2D eigenvalue weighted by molar-refractivity contribution is -0.126. The number of piperidine rings is 1. The van der Waals surface area contributed by atoms with Gasteiger partial charge in [-0.3, -0.25) is 19.5 Å². The smallest absolute Gasteiger partial charge is 0.274 e. The zero-order valence-electron chi connectivity index (χ0n) is 17.9. The normalized spacial score (nSPS) is 14.2. The molecule has 11 heteroatoms. The molecular formula is C22H23ClN6O4. The molecule has 33 heavy (non-hydrogen) atoms. The number of aromatic amines is 2. The monoisotopic (exact) mass is 470 g/mol. The van der Waals surface area contributed by atoms with Crippen molar-refractivity contribution in [3.05, 3.63) is 63.3 Å². The highest BCUT2D eigenvalue weighted by atomic mass is 35.5. The summed E-state index contributed by atoms with van der Waals surface area (Å²) in [7, 11) is 1.51. The van der Waals surface area contributed by atoms with Gasteiger partial charge in [0, 0.05) is 42.4 Å². The van der Waals surface area contributed by atoms with Crippen LogP contribution in [-0.4, -0.2) is 57.1 Å².